The first kappa shape index (κ1) is 18.3. The van der Waals surface area contributed by atoms with Crippen LogP contribution in [0.1, 0.15) is 18.4 Å². The number of amides is 1. The summed E-state index contributed by atoms with van der Waals surface area (Å²) in [6, 6.07) is 9.36. The van der Waals surface area contributed by atoms with Crippen molar-refractivity contribution in [2.24, 2.45) is 0 Å². The maximum Gasteiger partial charge on any atom is 0.220 e. The first-order valence-corrected chi connectivity index (χ1v) is 8.73. The van der Waals surface area contributed by atoms with E-state index in [1.165, 1.54) is 12.1 Å². The van der Waals surface area contributed by atoms with Gasteiger partial charge in [-0.2, -0.15) is 0 Å². The van der Waals surface area contributed by atoms with Crippen molar-refractivity contribution in [3.05, 3.63) is 52.8 Å². The number of ether oxygens (including phenoxy) is 3. The summed E-state index contributed by atoms with van der Waals surface area (Å²) in [6.07, 6.45) is 0.893. The lowest BCUT2D eigenvalue weighted by atomic mass is 10.2. The molecule has 0 atom stereocenters. The number of nitrogens with one attached hydrogen (secondary N) is 1. The molecule has 0 radical (unpaired) electrons. The van der Waals surface area contributed by atoms with Gasteiger partial charge in [0.1, 0.15) is 24.8 Å². The molecule has 0 spiro atoms. The number of fused-ring (bicyclic) bond motifs is 1. The van der Waals surface area contributed by atoms with Gasteiger partial charge in [0, 0.05) is 13.0 Å². The largest absolute Gasteiger partial charge is 0.494 e. The van der Waals surface area contributed by atoms with E-state index in [0.717, 1.165) is 5.56 Å². The Labute approximate surface area is 156 Å². The average Bonchev–Trinajstić information content (AvgIpc) is 2.65. The molecule has 1 aliphatic rings. The van der Waals surface area contributed by atoms with Crippen LogP contribution in [0, 0.1) is 5.82 Å². The van der Waals surface area contributed by atoms with Crippen molar-refractivity contribution in [3.8, 4) is 17.2 Å². The van der Waals surface area contributed by atoms with E-state index in [1.54, 1.807) is 18.2 Å². The molecule has 0 saturated carbocycles. The molecule has 1 aliphatic heterocycles. The Kier molecular flexibility index (Phi) is 6.17. The number of hydrogen-bond donors (Lipinski definition) is 1. The molecule has 138 valence electrons. The van der Waals surface area contributed by atoms with Crippen molar-refractivity contribution < 1.29 is 23.4 Å². The molecule has 5 nitrogen and oxygen atoms in total. The number of carbonyl (C=O) groups excluding carboxylic acids is 1. The van der Waals surface area contributed by atoms with Gasteiger partial charge in [-0.15, -0.1) is 0 Å². The molecule has 0 aromatic heterocycles. The second kappa shape index (κ2) is 8.76. The monoisotopic (exact) mass is 379 g/mol. The van der Waals surface area contributed by atoms with Crippen LogP contribution in [0.25, 0.3) is 0 Å². The maximum atomic E-state index is 12.8. The molecule has 1 amide bonds. The maximum absolute atomic E-state index is 12.8. The van der Waals surface area contributed by atoms with Gasteiger partial charge in [0.15, 0.2) is 11.5 Å². The third-order valence-corrected chi connectivity index (χ3v) is 4.06. The fraction of sp³-hybridized carbons (Fsp3) is 0.316. The fourth-order valence-electron chi connectivity index (χ4n) is 2.51. The van der Waals surface area contributed by atoms with Crippen LogP contribution in [0.3, 0.4) is 0 Å². The van der Waals surface area contributed by atoms with E-state index < -0.39 is 0 Å². The predicted octanol–water partition coefficient (Wildman–Crippen LogP) is 3.73. The van der Waals surface area contributed by atoms with Gasteiger partial charge in [-0.05, 0) is 48.4 Å². The number of benzene rings is 2. The molecule has 2 aromatic rings. The first-order valence-electron chi connectivity index (χ1n) is 8.35. The van der Waals surface area contributed by atoms with Gasteiger partial charge < -0.3 is 19.5 Å². The summed E-state index contributed by atoms with van der Waals surface area (Å²) in [4.78, 5) is 11.9. The highest BCUT2D eigenvalue weighted by atomic mass is 35.5. The van der Waals surface area contributed by atoms with Gasteiger partial charge in [-0.25, -0.2) is 4.39 Å². The van der Waals surface area contributed by atoms with Crippen molar-refractivity contribution in [1.82, 2.24) is 5.32 Å². The van der Waals surface area contributed by atoms with Crippen LogP contribution < -0.4 is 19.5 Å². The van der Waals surface area contributed by atoms with Gasteiger partial charge in [0.05, 0.1) is 11.6 Å². The van der Waals surface area contributed by atoms with Crippen LogP contribution in [0.4, 0.5) is 4.39 Å². The number of halogens is 2. The van der Waals surface area contributed by atoms with Crippen LogP contribution in [-0.4, -0.2) is 25.7 Å². The predicted molar refractivity (Wildman–Crippen MR) is 95.4 cm³/mol. The third-order valence-electron chi connectivity index (χ3n) is 3.78. The van der Waals surface area contributed by atoms with Crippen LogP contribution in [0.2, 0.25) is 5.02 Å². The Morgan fingerprint density at radius 2 is 1.96 bits per heavy atom. The average molecular weight is 380 g/mol. The fourth-order valence-corrected chi connectivity index (χ4v) is 2.80. The van der Waals surface area contributed by atoms with E-state index >= 15 is 0 Å². The molecule has 0 unspecified atom stereocenters. The summed E-state index contributed by atoms with van der Waals surface area (Å²) in [5, 5.41) is 3.31. The number of hydrogen-bond acceptors (Lipinski definition) is 4. The van der Waals surface area contributed by atoms with Crippen molar-refractivity contribution in [2.75, 3.05) is 19.8 Å². The van der Waals surface area contributed by atoms with Gasteiger partial charge in [-0.1, -0.05) is 11.6 Å². The SMILES string of the molecule is O=C(CCCOc1ccc(F)cc1)NCc1cc(Cl)c2c(c1)OCCO2. The molecular formula is C19H19ClFNO4. The molecule has 0 aliphatic carbocycles. The molecule has 2 aromatic carbocycles. The lowest BCUT2D eigenvalue weighted by Gasteiger charge is -2.20. The standard InChI is InChI=1S/C19H19ClFNO4/c20-16-10-13(11-17-19(16)26-9-8-25-17)12-22-18(23)2-1-7-24-15-5-3-14(21)4-6-15/h3-6,10-11H,1-2,7-9,12H2,(H,22,23). The zero-order valence-corrected chi connectivity index (χ0v) is 14.9. The van der Waals surface area contributed by atoms with E-state index in [4.69, 9.17) is 25.8 Å². The zero-order chi connectivity index (χ0) is 18.4. The van der Waals surface area contributed by atoms with Gasteiger partial charge in [-0.3, -0.25) is 4.79 Å². The smallest absolute Gasteiger partial charge is 0.220 e. The van der Waals surface area contributed by atoms with Crippen molar-refractivity contribution >= 4 is 17.5 Å². The molecule has 1 N–H and O–H groups in total. The third kappa shape index (κ3) is 5.02. The second-order valence-electron chi connectivity index (χ2n) is 5.78. The van der Waals surface area contributed by atoms with E-state index in [1.807, 2.05) is 6.07 Å². The molecule has 0 saturated heterocycles. The lowest BCUT2D eigenvalue weighted by Crippen LogP contribution is -2.23. The molecule has 0 fully saturated rings. The van der Waals surface area contributed by atoms with Crippen molar-refractivity contribution in [2.45, 2.75) is 19.4 Å². The lowest BCUT2D eigenvalue weighted by molar-refractivity contribution is -0.121. The Morgan fingerprint density at radius 3 is 2.77 bits per heavy atom. The highest BCUT2D eigenvalue weighted by Crippen LogP contribution is 2.38. The minimum Gasteiger partial charge on any atom is -0.494 e. The van der Waals surface area contributed by atoms with Gasteiger partial charge in [0.2, 0.25) is 5.91 Å². The minimum absolute atomic E-state index is 0.0845. The first-order chi connectivity index (χ1) is 12.6. The van der Waals surface area contributed by atoms with E-state index in [-0.39, 0.29) is 11.7 Å². The summed E-state index contributed by atoms with van der Waals surface area (Å²) < 4.78 is 29.2. The van der Waals surface area contributed by atoms with Crippen molar-refractivity contribution in [3.63, 3.8) is 0 Å². The Hall–Kier alpha value is -2.47. The summed E-state index contributed by atoms with van der Waals surface area (Å²) in [6.45, 7) is 1.69. The normalized spacial score (nSPS) is 12.5. The molecular weight excluding hydrogens is 361 g/mol. The van der Waals surface area contributed by atoms with E-state index in [9.17, 15) is 9.18 Å². The van der Waals surface area contributed by atoms with Gasteiger partial charge in [0.25, 0.3) is 0 Å². The molecule has 7 heteroatoms. The Morgan fingerprint density at radius 1 is 1.19 bits per heavy atom. The summed E-state index contributed by atoms with van der Waals surface area (Å²) in [5.41, 5.74) is 0.843. The quantitative estimate of drug-likeness (QED) is 0.745. The highest BCUT2D eigenvalue weighted by Gasteiger charge is 2.16. The van der Waals surface area contributed by atoms with Crippen LogP contribution in [0.5, 0.6) is 17.2 Å². The van der Waals surface area contributed by atoms with Crippen molar-refractivity contribution in [1.29, 1.82) is 0 Å². The zero-order valence-electron chi connectivity index (χ0n) is 14.1. The topological polar surface area (TPSA) is 56.8 Å². The van der Waals surface area contributed by atoms with Gasteiger partial charge >= 0.3 is 0 Å². The highest BCUT2D eigenvalue weighted by molar-refractivity contribution is 6.32. The summed E-state index contributed by atoms with van der Waals surface area (Å²) in [7, 11) is 0. The Balaban J connectivity index is 1.40. The molecule has 3 rings (SSSR count). The van der Waals surface area contributed by atoms with Crippen LogP contribution in [-0.2, 0) is 11.3 Å². The summed E-state index contributed by atoms with van der Waals surface area (Å²) >= 11 is 6.18. The Bertz CT molecular complexity index is 767. The van der Waals surface area contributed by atoms with E-state index in [2.05, 4.69) is 5.32 Å². The number of carbonyl (C=O) groups is 1. The summed E-state index contributed by atoms with van der Waals surface area (Å²) in [5.74, 6) is 1.33. The van der Waals surface area contributed by atoms with Crippen LogP contribution in [0.15, 0.2) is 36.4 Å². The molecule has 26 heavy (non-hydrogen) atoms. The molecule has 1 heterocycles. The van der Waals surface area contributed by atoms with Crippen LogP contribution >= 0.6 is 11.6 Å². The molecule has 0 bridgehead atoms. The minimum atomic E-state index is -0.309. The number of rotatable bonds is 7. The second-order valence-corrected chi connectivity index (χ2v) is 6.19. The van der Waals surface area contributed by atoms with E-state index in [0.29, 0.717) is 61.5 Å².